The molecular weight excluding hydrogens is 164 g/mol. The summed E-state index contributed by atoms with van der Waals surface area (Å²) >= 11 is 0. The van der Waals surface area contributed by atoms with Crippen molar-refractivity contribution in [1.82, 2.24) is 0 Å². The highest BCUT2D eigenvalue weighted by molar-refractivity contribution is 4.89. The largest absolute Gasteiger partial charge is 0.496 e. The van der Waals surface area contributed by atoms with Crippen molar-refractivity contribution < 1.29 is 9.47 Å². The van der Waals surface area contributed by atoms with Gasteiger partial charge in [-0.3, -0.25) is 0 Å². The summed E-state index contributed by atoms with van der Waals surface area (Å²) in [7, 11) is 0. The van der Waals surface area contributed by atoms with E-state index in [-0.39, 0.29) is 5.60 Å². The van der Waals surface area contributed by atoms with Crippen LogP contribution in [0, 0.1) is 0 Å². The molecule has 1 rings (SSSR count). The Hall–Kier alpha value is -0.500. The Morgan fingerprint density at radius 2 is 2.31 bits per heavy atom. The first-order valence-electron chi connectivity index (χ1n) is 5.11. The summed E-state index contributed by atoms with van der Waals surface area (Å²) in [5.41, 5.74) is 0.0228. The predicted molar refractivity (Wildman–Crippen MR) is 53.6 cm³/mol. The number of rotatable bonds is 6. The average molecular weight is 184 g/mol. The van der Waals surface area contributed by atoms with Crippen molar-refractivity contribution in [3.05, 3.63) is 12.3 Å². The highest BCUT2D eigenvalue weighted by Gasteiger charge is 2.38. The normalized spacial score (nSPS) is 26.6. The van der Waals surface area contributed by atoms with Crippen LogP contribution in [-0.2, 0) is 9.47 Å². The van der Waals surface area contributed by atoms with Crippen LogP contribution in [0.15, 0.2) is 12.3 Å². The minimum Gasteiger partial charge on any atom is -0.496 e. The molecule has 1 aliphatic rings. The number of hydrogen-bond donors (Lipinski definition) is 0. The molecule has 0 N–H and O–H groups in total. The number of ether oxygens (including phenoxy) is 2. The van der Waals surface area contributed by atoms with Crippen molar-refractivity contribution in [2.75, 3.05) is 13.2 Å². The zero-order valence-corrected chi connectivity index (χ0v) is 8.77. The van der Waals surface area contributed by atoms with Crippen LogP contribution in [-0.4, -0.2) is 18.8 Å². The third-order valence-corrected chi connectivity index (χ3v) is 2.53. The van der Waals surface area contributed by atoms with E-state index in [4.69, 9.17) is 9.47 Å². The molecule has 76 valence electrons. The van der Waals surface area contributed by atoms with Crippen LogP contribution in [0.3, 0.4) is 0 Å². The molecule has 1 unspecified atom stereocenters. The third kappa shape index (κ3) is 3.03. The van der Waals surface area contributed by atoms with Gasteiger partial charge in [-0.2, -0.15) is 0 Å². The van der Waals surface area contributed by atoms with Crippen LogP contribution >= 0.6 is 0 Å². The molecule has 0 amide bonds. The van der Waals surface area contributed by atoms with Gasteiger partial charge in [-0.25, -0.2) is 0 Å². The first-order valence-corrected chi connectivity index (χ1v) is 5.11. The molecule has 0 aromatic carbocycles. The van der Waals surface area contributed by atoms with Crippen molar-refractivity contribution in [1.29, 1.82) is 0 Å². The molecule has 1 atom stereocenters. The van der Waals surface area contributed by atoms with Crippen LogP contribution in [0.4, 0.5) is 0 Å². The standard InChI is InChI=1S/C11H20O2/c1-4-5-6-11(7-8-13-11)9-12-10(2)3/h2,4-9H2,1,3H3. The topological polar surface area (TPSA) is 18.5 Å². The molecule has 1 saturated heterocycles. The number of allylic oxidation sites excluding steroid dienone is 1. The van der Waals surface area contributed by atoms with E-state index in [0.29, 0.717) is 6.61 Å². The zero-order chi connectivity index (χ0) is 9.73. The Balaban J connectivity index is 2.27. The van der Waals surface area contributed by atoms with Gasteiger partial charge in [0.25, 0.3) is 0 Å². The smallest absolute Gasteiger partial charge is 0.117 e. The molecule has 2 heteroatoms. The van der Waals surface area contributed by atoms with Gasteiger partial charge in [-0.15, -0.1) is 0 Å². The van der Waals surface area contributed by atoms with E-state index in [2.05, 4.69) is 13.5 Å². The monoisotopic (exact) mass is 184 g/mol. The van der Waals surface area contributed by atoms with Gasteiger partial charge in [0.1, 0.15) is 12.2 Å². The Labute approximate surface area is 80.9 Å². The van der Waals surface area contributed by atoms with Gasteiger partial charge >= 0.3 is 0 Å². The summed E-state index contributed by atoms with van der Waals surface area (Å²) in [6.07, 6.45) is 4.70. The first-order chi connectivity index (χ1) is 6.18. The van der Waals surface area contributed by atoms with Gasteiger partial charge in [-0.05, 0) is 13.3 Å². The van der Waals surface area contributed by atoms with Crippen LogP contribution < -0.4 is 0 Å². The van der Waals surface area contributed by atoms with Crippen LogP contribution in [0.25, 0.3) is 0 Å². The maximum atomic E-state index is 5.60. The van der Waals surface area contributed by atoms with E-state index in [1.807, 2.05) is 6.92 Å². The van der Waals surface area contributed by atoms with Crippen LogP contribution in [0.2, 0.25) is 0 Å². The lowest BCUT2D eigenvalue weighted by atomic mass is 9.90. The van der Waals surface area contributed by atoms with Crippen LogP contribution in [0.1, 0.15) is 39.5 Å². The van der Waals surface area contributed by atoms with Gasteiger partial charge in [0.15, 0.2) is 0 Å². The van der Waals surface area contributed by atoms with E-state index >= 15 is 0 Å². The van der Waals surface area contributed by atoms with Gasteiger partial charge < -0.3 is 9.47 Å². The molecule has 0 aliphatic carbocycles. The fourth-order valence-electron chi connectivity index (χ4n) is 1.53. The van der Waals surface area contributed by atoms with Crippen molar-refractivity contribution in [2.45, 2.75) is 45.1 Å². The fourth-order valence-corrected chi connectivity index (χ4v) is 1.53. The zero-order valence-electron chi connectivity index (χ0n) is 8.77. The van der Waals surface area contributed by atoms with Crippen molar-refractivity contribution in [3.8, 4) is 0 Å². The van der Waals surface area contributed by atoms with E-state index in [9.17, 15) is 0 Å². The highest BCUT2D eigenvalue weighted by atomic mass is 16.6. The third-order valence-electron chi connectivity index (χ3n) is 2.53. The van der Waals surface area contributed by atoms with E-state index in [0.717, 1.165) is 25.2 Å². The second kappa shape index (κ2) is 4.66. The first kappa shape index (κ1) is 10.6. The van der Waals surface area contributed by atoms with E-state index in [1.165, 1.54) is 12.8 Å². The lowest BCUT2D eigenvalue weighted by Crippen LogP contribution is -2.47. The van der Waals surface area contributed by atoms with Gasteiger partial charge in [0.05, 0.1) is 12.4 Å². The van der Waals surface area contributed by atoms with E-state index < -0.39 is 0 Å². The number of unbranched alkanes of at least 4 members (excludes halogenated alkanes) is 1. The molecular formula is C11H20O2. The van der Waals surface area contributed by atoms with Crippen molar-refractivity contribution in [3.63, 3.8) is 0 Å². The van der Waals surface area contributed by atoms with E-state index in [1.54, 1.807) is 0 Å². The summed E-state index contributed by atoms with van der Waals surface area (Å²) in [6.45, 7) is 9.38. The van der Waals surface area contributed by atoms with Gasteiger partial charge in [-0.1, -0.05) is 26.3 Å². The van der Waals surface area contributed by atoms with Gasteiger partial charge in [0, 0.05) is 6.42 Å². The maximum Gasteiger partial charge on any atom is 0.117 e. The molecule has 0 radical (unpaired) electrons. The molecule has 1 aliphatic heterocycles. The van der Waals surface area contributed by atoms with Crippen molar-refractivity contribution >= 4 is 0 Å². The lowest BCUT2D eigenvalue weighted by Gasteiger charge is -2.41. The summed E-state index contributed by atoms with van der Waals surface area (Å²) in [5, 5.41) is 0. The lowest BCUT2D eigenvalue weighted by molar-refractivity contribution is -0.178. The van der Waals surface area contributed by atoms with Crippen LogP contribution in [0.5, 0.6) is 0 Å². The molecule has 0 bridgehead atoms. The Kier molecular flexibility index (Phi) is 3.79. The minimum absolute atomic E-state index is 0.0228. The second-order valence-corrected chi connectivity index (χ2v) is 3.88. The Morgan fingerprint density at radius 1 is 1.62 bits per heavy atom. The molecule has 1 heterocycles. The quantitative estimate of drug-likeness (QED) is 0.591. The second-order valence-electron chi connectivity index (χ2n) is 3.88. The molecule has 0 aromatic heterocycles. The predicted octanol–water partition coefficient (Wildman–Crippen LogP) is 2.89. The Morgan fingerprint density at radius 3 is 2.69 bits per heavy atom. The number of hydrogen-bond acceptors (Lipinski definition) is 2. The molecule has 0 saturated carbocycles. The molecule has 13 heavy (non-hydrogen) atoms. The van der Waals surface area contributed by atoms with Gasteiger partial charge in [0.2, 0.25) is 0 Å². The molecule has 1 fully saturated rings. The average Bonchev–Trinajstić information content (AvgIpc) is 2.02. The maximum absolute atomic E-state index is 5.60. The van der Waals surface area contributed by atoms with Crippen molar-refractivity contribution in [2.24, 2.45) is 0 Å². The summed E-state index contributed by atoms with van der Waals surface area (Å²) < 4.78 is 11.0. The molecule has 0 spiro atoms. The SMILES string of the molecule is C=C(C)OCC1(CCCC)CCO1. The Bertz CT molecular complexity index is 171. The molecule has 2 nitrogen and oxygen atoms in total. The fraction of sp³-hybridized carbons (Fsp3) is 0.818. The highest BCUT2D eigenvalue weighted by Crippen LogP contribution is 2.32. The minimum atomic E-state index is 0.0228. The summed E-state index contributed by atoms with van der Waals surface area (Å²) in [5.74, 6) is 0.784. The summed E-state index contributed by atoms with van der Waals surface area (Å²) in [4.78, 5) is 0. The molecule has 0 aromatic rings. The summed E-state index contributed by atoms with van der Waals surface area (Å²) in [6, 6.07) is 0.